The van der Waals surface area contributed by atoms with Gasteiger partial charge in [0.05, 0.1) is 5.92 Å². The summed E-state index contributed by atoms with van der Waals surface area (Å²) in [5, 5.41) is 3.10. The van der Waals surface area contributed by atoms with E-state index in [4.69, 9.17) is 5.73 Å². The summed E-state index contributed by atoms with van der Waals surface area (Å²) in [6.07, 6.45) is 6.44. The zero-order chi connectivity index (χ0) is 14.5. The van der Waals surface area contributed by atoms with Gasteiger partial charge in [-0.05, 0) is 25.7 Å². The molecule has 6 heteroatoms. The van der Waals surface area contributed by atoms with E-state index in [0.717, 1.165) is 12.8 Å². The molecule has 1 aliphatic carbocycles. The van der Waals surface area contributed by atoms with Crippen molar-refractivity contribution in [2.45, 2.75) is 51.5 Å². The van der Waals surface area contributed by atoms with E-state index >= 15 is 0 Å². The number of nitrogens with zero attached hydrogens (tertiary/aromatic N) is 1. The Balaban J connectivity index is 0.00000220. The lowest BCUT2D eigenvalue weighted by Gasteiger charge is -2.30. The molecule has 0 spiro atoms. The highest BCUT2D eigenvalue weighted by molar-refractivity contribution is 5.89. The van der Waals surface area contributed by atoms with Crippen LogP contribution in [0.3, 0.4) is 0 Å². The lowest BCUT2D eigenvalue weighted by molar-refractivity contribution is -0.129. The van der Waals surface area contributed by atoms with Gasteiger partial charge in [-0.1, -0.05) is 19.3 Å². The van der Waals surface area contributed by atoms with E-state index < -0.39 is 0 Å². The molecule has 3 N–H and O–H groups in total. The molecule has 21 heavy (non-hydrogen) atoms. The van der Waals surface area contributed by atoms with Crippen molar-refractivity contribution in [2.75, 3.05) is 19.6 Å². The summed E-state index contributed by atoms with van der Waals surface area (Å²) >= 11 is 0. The Morgan fingerprint density at radius 1 is 1.38 bits per heavy atom. The van der Waals surface area contributed by atoms with E-state index in [-0.39, 0.29) is 36.2 Å². The fraction of sp³-hybridized carbons (Fsp3) is 0.867. The molecule has 0 bridgehead atoms. The maximum absolute atomic E-state index is 12.3. The summed E-state index contributed by atoms with van der Waals surface area (Å²) in [5.41, 5.74) is 5.84. The first-order chi connectivity index (χ1) is 9.65. The molecular weight excluding hydrogens is 290 g/mol. The fourth-order valence-corrected chi connectivity index (χ4v) is 3.46. The predicted octanol–water partition coefficient (Wildman–Crippen LogP) is 1.30. The van der Waals surface area contributed by atoms with Crippen LogP contribution in [0, 0.1) is 11.8 Å². The zero-order valence-electron chi connectivity index (χ0n) is 12.8. The van der Waals surface area contributed by atoms with Crippen molar-refractivity contribution in [3.05, 3.63) is 0 Å². The number of hydrogen-bond donors (Lipinski definition) is 2. The Morgan fingerprint density at radius 3 is 2.57 bits per heavy atom. The molecule has 0 aromatic rings. The minimum atomic E-state index is -0.194. The van der Waals surface area contributed by atoms with Gasteiger partial charge in [0.1, 0.15) is 0 Å². The van der Waals surface area contributed by atoms with Crippen molar-refractivity contribution in [3.63, 3.8) is 0 Å². The second kappa shape index (κ2) is 8.59. The molecule has 2 aliphatic rings. The van der Waals surface area contributed by atoms with E-state index in [2.05, 4.69) is 5.32 Å². The highest BCUT2D eigenvalue weighted by atomic mass is 35.5. The van der Waals surface area contributed by atoms with Gasteiger partial charge in [0.15, 0.2) is 0 Å². The van der Waals surface area contributed by atoms with Gasteiger partial charge in [-0.15, -0.1) is 12.4 Å². The molecule has 5 nitrogen and oxygen atoms in total. The molecular formula is C15H28ClN3O2. The standard InChI is InChI=1S/C15H27N3O2.ClH/c1-2-18-10-12(8-14(18)19)15(20)17-13(9-16)11-6-4-3-5-7-11;/h11-13H,2-10,16H2,1H3,(H,17,20);1H. The smallest absolute Gasteiger partial charge is 0.225 e. The van der Waals surface area contributed by atoms with Gasteiger partial charge in [0.25, 0.3) is 0 Å². The monoisotopic (exact) mass is 317 g/mol. The van der Waals surface area contributed by atoms with Crippen LogP contribution in [-0.4, -0.2) is 42.4 Å². The first kappa shape index (κ1) is 18.2. The molecule has 1 heterocycles. The maximum Gasteiger partial charge on any atom is 0.225 e. The van der Waals surface area contributed by atoms with Crippen LogP contribution < -0.4 is 11.1 Å². The molecule has 1 saturated heterocycles. The quantitative estimate of drug-likeness (QED) is 0.802. The third-order valence-corrected chi connectivity index (χ3v) is 4.77. The van der Waals surface area contributed by atoms with Crippen LogP contribution in [-0.2, 0) is 9.59 Å². The number of hydrogen-bond acceptors (Lipinski definition) is 3. The average molecular weight is 318 g/mol. The Kier molecular flexibility index (Phi) is 7.46. The molecule has 1 saturated carbocycles. The van der Waals surface area contributed by atoms with Crippen LogP contribution >= 0.6 is 12.4 Å². The first-order valence-corrected chi connectivity index (χ1v) is 7.94. The minimum Gasteiger partial charge on any atom is -0.352 e. The van der Waals surface area contributed by atoms with Gasteiger partial charge in [-0.2, -0.15) is 0 Å². The summed E-state index contributed by atoms with van der Waals surface area (Å²) in [6, 6.07) is 0.0774. The van der Waals surface area contributed by atoms with E-state index in [0.29, 0.717) is 32.0 Å². The van der Waals surface area contributed by atoms with Crippen molar-refractivity contribution in [2.24, 2.45) is 17.6 Å². The van der Waals surface area contributed by atoms with Gasteiger partial charge in [0.2, 0.25) is 11.8 Å². The Labute approximate surface area is 133 Å². The molecule has 2 unspecified atom stereocenters. The number of likely N-dealkylation sites (tertiary alicyclic amines) is 1. The van der Waals surface area contributed by atoms with Crippen LogP contribution in [0.2, 0.25) is 0 Å². The third kappa shape index (κ3) is 4.58. The summed E-state index contributed by atoms with van der Waals surface area (Å²) in [5.74, 6) is 0.419. The molecule has 0 aromatic carbocycles. The van der Waals surface area contributed by atoms with Gasteiger partial charge >= 0.3 is 0 Å². The van der Waals surface area contributed by atoms with Gasteiger partial charge in [-0.25, -0.2) is 0 Å². The van der Waals surface area contributed by atoms with Gasteiger partial charge < -0.3 is 16.0 Å². The van der Waals surface area contributed by atoms with E-state index in [9.17, 15) is 9.59 Å². The molecule has 2 rings (SSSR count). The molecule has 2 amide bonds. The molecule has 2 atom stereocenters. The highest BCUT2D eigenvalue weighted by Gasteiger charge is 2.35. The number of nitrogens with two attached hydrogens (primary N) is 1. The topological polar surface area (TPSA) is 75.4 Å². The molecule has 0 radical (unpaired) electrons. The molecule has 0 aromatic heterocycles. The second-order valence-corrected chi connectivity index (χ2v) is 6.08. The number of rotatable bonds is 5. The average Bonchev–Trinajstić information content (AvgIpc) is 2.86. The van der Waals surface area contributed by atoms with Crippen LogP contribution in [0.25, 0.3) is 0 Å². The Morgan fingerprint density at radius 2 is 2.05 bits per heavy atom. The fourth-order valence-electron chi connectivity index (χ4n) is 3.46. The molecule has 1 aliphatic heterocycles. The van der Waals surface area contributed by atoms with E-state index in [1.54, 1.807) is 4.90 Å². The normalized spacial score (nSPS) is 24.6. The number of carbonyl (C=O) groups is 2. The second-order valence-electron chi connectivity index (χ2n) is 6.08. The summed E-state index contributed by atoms with van der Waals surface area (Å²) < 4.78 is 0. The van der Waals surface area contributed by atoms with Crippen molar-refractivity contribution < 1.29 is 9.59 Å². The van der Waals surface area contributed by atoms with Crippen LogP contribution in [0.4, 0.5) is 0 Å². The lowest BCUT2D eigenvalue weighted by atomic mass is 9.83. The zero-order valence-corrected chi connectivity index (χ0v) is 13.7. The number of amides is 2. The summed E-state index contributed by atoms with van der Waals surface area (Å²) in [4.78, 5) is 25.8. The van der Waals surface area contributed by atoms with Crippen molar-refractivity contribution in [3.8, 4) is 0 Å². The van der Waals surface area contributed by atoms with E-state index in [1.807, 2.05) is 6.92 Å². The van der Waals surface area contributed by atoms with E-state index in [1.165, 1.54) is 19.3 Å². The molecule has 122 valence electrons. The largest absolute Gasteiger partial charge is 0.352 e. The van der Waals surface area contributed by atoms with Gasteiger partial charge in [0, 0.05) is 32.1 Å². The number of nitrogens with one attached hydrogen (secondary N) is 1. The van der Waals surface area contributed by atoms with Crippen LogP contribution in [0.15, 0.2) is 0 Å². The number of halogens is 1. The van der Waals surface area contributed by atoms with Crippen molar-refractivity contribution in [1.29, 1.82) is 0 Å². The highest BCUT2D eigenvalue weighted by Crippen LogP contribution is 2.26. The summed E-state index contributed by atoms with van der Waals surface area (Å²) in [6.45, 7) is 3.69. The van der Waals surface area contributed by atoms with Gasteiger partial charge in [-0.3, -0.25) is 9.59 Å². The Bertz CT molecular complexity index is 359. The van der Waals surface area contributed by atoms with Crippen molar-refractivity contribution in [1.82, 2.24) is 10.2 Å². The lowest BCUT2D eigenvalue weighted by Crippen LogP contribution is -2.48. The van der Waals surface area contributed by atoms with Crippen molar-refractivity contribution >= 4 is 24.2 Å². The first-order valence-electron chi connectivity index (χ1n) is 7.94. The van der Waals surface area contributed by atoms with Crippen LogP contribution in [0.5, 0.6) is 0 Å². The molecule has 2 fully saturated rings. The third-order valence-electron chi connectivity index (χ3n) is 4.77. The van der Waals surface area contributed by atoms with Crippen LogP contribution in [0.1, 0.15) is 45.4 Å². The number of carbonyl (C=O) groups excluding carboxylic acids is 2. The SMILES string of the molecule is CCN1CC(C(=O)NC(CN)C2CCCCC2)CC1=O.Cl. The minimum absolute atomic E-state index is 0. The predicted molar refractivity (Wildman–Crippen MR) is 85.2 cm³/mol. The maximum atomic E-state index is 12.3. The Hall–Kier alpha value is -0.810. The summed E-state index contributed by atoms with van der Waals surface area (Å²) in [7, 11) is 0.